The van der Waals surface area contributed by atoms with Gasteiger partial charge in [0.15, 0.2) is 5.17 Å². The molecule has 3 aliphatic rings. The summed E-state index contributed by atoms with van der Waals surface area (Å²) in [6.45, 7) is 6.86. The predicted octanol–water partition coefficient (Wildman–Crippen LogP) is 2.97. The molecule has 0 unspecified atom stereocenters. The van der Waals surface area contributed by atoms with Crippen LogP contribution in [0.25, 0.3) is 10.9 Å². The van der Waals surface area contributed by atoms with E-state index in [4.69, 9.17) is 26.2 Å². The Labute approximate surface area is 229 Å². The quantitative estimate of drug-likeness (QED) is 0.520. The number of amides is 1. The summed E-state index contributed by atoms with van der Waals surface area (Å²) in [6.07, 6.45) is 1.56. The van der Waals surface area contributed by atoms with E-state index < -0.39 is 5.91 Å². The van der Waals surface area contributed by atoms with Crippen molar-refractivity contribution >= 4 is 45.3 Å². The third-order valence-electron chi connectivity index (χ3n) is 6.90. The number of rotatable bonds is 5. The average molecular weight is 554 g/mol. The average Bonchev–Trinajstić information content (AvgIpc) is 2.95. The Bertz CT molecular complexity index is 1450. The largest absolute Gasteiger partial charge is 0.379 e. The number of aromatic nitrogens is 1. The van der Waals surface area contributed by atoms with Crippen LogP contribution in [0.3, 0.4) is 0 Å². The van der Waals surface area contributed by atoms with Crippen LogP contribution in [0.2, 0.25) is 5.02 Å². The summed E-state index contributed by atoms with van der Waals surface area (Å²) in [6, 6.07) is 11.3. The maximum absolute atomic E-state index is 13.7. The third kappa shape index (κ3) is 5.32. The molecule has 1 aromatic heterocycles. The monoisotopic (exact) mass is 553 g/mol. The molecule has 0 spiro atoms. The number of carbonyl (C=O) groups excluding carboxylic acids is 1. The Morgan fingerprint density at radius 3 is 2.45 bits per heavy atom. The van der Waals surface area contributed by atoms with Gasteiger partial charge in [-0.3, -0.25) is 14.5 Å². The van der Waals surface area contributed by atoms with E-state index in [-0.39, 0.29) is 17.5 Å². The number of halogens is 1. The first kappa shape index (κ1) is 25.4. The molecule has 0 saturated carbocycles. The van der Waals surface area contributed by atoms with Crippen LogP contribution in [0.15, 0.2) is 57.4 Å². The zero-order valence-electron chi connectivity index (χ0n) is 20.8. The minimum atomic E-state index is -0.433. The number of pyridine rings is 1. The maximum atomic E-state index is 13.7. The Balaban J connectivity index is 1.38. The summed E-state index contributed by atoms with van der Waals surface area (Å²) in [5.41, 5.74) is 2.44. The van der Waals surface area contributed by atoms with Crippen LogP contribution < -0.4 is 10.7 Å². The number of carbonyl (C=O) groups is 1. The second-order valence-electron chi connectivity index (χ2n) is 9.49. The summed E-state index contributed by atoms with van der Waals surface area (Å²) < 4.78 is 12.7. The van der Waals surface area contributed by atoms with Crippen LogP contribution in [0, 0.1) is 0 Å². The van der Waals surface area contributed by atoms with Crippen LogP contribution in [0.5, 0.6) is 0 Å². The van der Waals surface area contributed by atoms with Gasteiger partial charge in [-0.25, -0.2) is 4.68 Å². The highest BCUT2D eigenvalue weighted by Gasteiger charge is 2.26. The van der Waals surface area contributed by atoms with E-state index in [0.29, 0.717) is 43.4 Å². The van der Waals surface area contributed by atoms with Crippen LogP contribution in [0.4, 0.5) is 0 Å². The number of nitrogens with zero attached hydrogens (tertiary/aromatic N) is 4. The molecular weight excluding hydrogens is 526 g/mol. The van der Waals surface area contributed by atoms with Gasteiger partial charge in [0.25, 0.3) is 5.91 Å². The van der Waals surface area contributed by atoms with Gasteiger partial charge >= 0.3 is 0 Å². The van der Waals surface area contributed by atoms with Crippen molar-refractivity contribution in [2.75, 3.05) is 52.6 Å². The van der Waals surface area contributed by atoms with Crippen molar-refractivity contribution in [3.05, 3.63) is 74.5 Å². The molecule has 9 nitrogen and oxygen atoms in total. The molecule has 2 fully saturated rings. The van der Waals surface area contributed by atoms with Crippen molar-refractivity contribution < 1.29 is 14.3 Å². The summed E-state index contributed by atoms with van der Waals surface area (Å²) >= 11 is 7.55. The Morgan fingerprint density at radius 1 is 1.00 bits per heavy atom. The minimum absolute atomic E-state index is 0.0675. The lowest BCUT2D eigenvalue weighted by atomic mass is 10.1. The number of morpholine rings is 2. The highest BCUT2D eigenvalue weighted by molar-refractivity contribution is 8.14. The zero-order chi connectivity index (χ0) is 26.1. The van der Waals surface area contributed by atoms with E-state index in [1.54, 1.807) is 34.8 Å². The van der Waals surface area contributed by atoms with E-state index >= 15 is 0 Å². The first-order valence-electron chi connectivity index (χ1n) is 12.7. The smallest absolute Gasteiger partial charge is 0.257 e. The number of hydrogen-bond acceptors (Lipinski definition) is 8. The van der Waals surface area contributed by atoms with Crippen LogP contribution in [-0.4, -0.2) is 78.2 Å². The van der Waals surface area contributed by atoms with Gasteiger partial charge in [0.2, 0.25) is 5.43 Å². The molecular formula is C27H28ClN5O4S. The van der Waals surface area contributed by atoms with Crippen molar-refractivity contribution in [3.63, 3.8) is 0 Å². The molecule has 6 rings (SSSR count). The SMILES string of the molecule is O=C(NCc1ccc(Cl)cc1)c1cn2c3c(cc(CN4CCOCC4)cc3c1=O)SC(N1CCOCC1)=N2. The van der Waals surface area contributed by atoms with Crippen molar-refractivity contribution in [1.82, 2.24) is 19.8 Å². The topological polar surface area (TPSA) is 88.4 Å². The Morgan fingerprint density at radius 2 is 1.71 bits per heavy atom. The number of hydrogen-bond donors (Lipinski definition) is 1. The lowest BCUT2D eigenvalue weighted by Crippen LogP contribution is -2.40. The van der Waals surface area contributed by atoms with E-state index in [0.717, 1.165) is 52.9 Å². The summed E-state index contributed by atoms with van der Waals surface area (Å²) in [7, 11) is 0. The van der Waals surface area contributed by atoms with Gasteiger partial charge in [-0.2, -0.15) is 0 Å². The molecule has 0 aliphatic carbocycles. The van der Waals surface area contributed by atoms with Gasteiger partial charge in [-0.05, 0) is 47.2 Å². The molecule has 2 aromatic carbocycles. The molecule has 1 N–H and O–H groups in total. The lowest BCUT2D eigenvalue weighted by molar-refractivity contribution is 0.0342. The van der Waals surface area contributed by atoms with Gasteiger partial charge in [0.05, 0.1) is 37.3 Å². The van der Waals surface area contributed by atoms with Crippen molar-refractivity contribution in [2.45, 2.75) is 18.0 Å². The third-order valence-corrected chi connectivity index (χ3v) is 8.21. The van der Waals surface area contributed by atoms with Crippen LogP contribution >= 0.6 is 23.4 Å². The fourth-order valence-electron chi connectivity index (χ4n) is 4.87. The number of amidine groups is 1. The van der Waals surface area contributed by atoms with Crippen molar-refractivity contribution in [2.24, 2.45) is 5.10 Å². The van der Waals surface area contributed by atoms with Gasteiger partial charge in [-0.15, -0.1) is 5.10 Å². The summed E-state index contributed by atoms with van der Waals surface area (Å²) in [5, 5.41) is 9.70. The molecule has 3 aliphatic heterocycles. The van der Waals surface area contributed by atoms with Gasteiger partial charge in [-0.1, -0.05) is 23.7 Å². The molecule has 0 radical (unpaired) electrons. The normalized spacial score (nSPS) is 17.9. The number of ether oxygens (including phenoxy) is 2. The van der Waals surface area contributed by atoms with Gasteiger partial charge in [0, 0.05) is 55.4 Å². The lowest BCUT2D eigenvalue weighted by Gasteiger charge is -2.31. The fraction of sp³-hybridized carbons (Fsp3) is 0.370. The Kier molecular flexibility index (Phi) is 7.40. The number of nitrogens with one attached hydrogen (secondary N) is 1. The number of benzene rings is 2. The van der Waals surface area contributed by atoms with E-state index in [9.17, 15) is 9.59 Å². The highest BCUT2D eigenvalue weighted by atomic mass is 35.5. The second kappa shape index (κ2) is 11.1. The Hall–Kier alpha value is -2.89. The van der Waals surface area contributed by atoms with E-state index in [1.807, 2.05) is 18.2 Å². The van der Waals surface area contributed by atoms with Crippen molar-refractivity contribution in [1.29, 1.82) is 0 Å². The molecule has 0 bridgehead atoms. The molecule has 11 heteroatoms. The first-order chi connectivity index (χ1) is 18.5. The fourth-order valence-corrected chi connectivity index (χ4v) is 6.14. The number of thioether (sulfide) groups is 1. The van der Waals surface area contributed by atoms with E-state index in [2.05, 4.69) is 21.2 Å². The van der Waals surface area contributed by atoms with Gasteiger partial charge < -0.3 is 19.7 Å². The zero-order valence-corrected chi connectivity index (χ0v) is 22.4. The second-order valence-corrected chi connectivity index (χ2v) is 10.9. The molecule has 38 heavy (non-hydrogen) atoms. The molecule has 0 atom stereocenters. The highest BCUT2D eigenvalue weighted by Crippen LogP contribution is 2.35. The molecule has 198 valence electrons. The minimum Gasteiger partial charge on any atom is -0.379 e. The predicted molar refractivity (Wildman–Crippen MR) is 148 cm³/mol. The summed E-state index contributed by atoms with van der Waals surface area (Å²) in [4.78, 5) is 32.4. The molecule has 4 heterocycles. The van der Waals surface area contributed by atoms with E-state index in [1.165, 1.54) is 0 Å². The molecule has 2 saturated heterocycles. The van der Waals surface area contributed by atoms with Gasteiger partial charge in [0.1, 0.15) is 5.56 Å². The van der Waals surface area contributed by atoms with Crippen LogP contribution in [0.1, 0.15) is 21.5 Å². The first-order valence-corrected chi connectivity index (χ1v) is 13.9. The molecule has 3 aromatic rings. The maximum Gasteiger partial charge on any atom is 0.257 e. The van der Waals surface area contributed by atoms with Crippen molar-refractivity contribution in [3.8, 4) is 0 Å². The van der Waals surface area contributed by atoms with Crippen LogP contribution in [-0.2, 0) is 22.6 Å². The molecule has 1 amide bonds. The standard InChI is InChI=1S/C27H28ClN5O4S/c28-20-3-1-18(2-4-20)15-29-26(35)22-17-33-24-21(25(22)34)13-19(16-31-5-9-36-10-6-31)14-23(24)38-27(30-33)32-7-11-37-12-8-32/h1-4,13-14,17H,5-12,15-16H2,(H,29,35). The summed E-state index contributed by atoms with van der Waals surface area (Å²) in [5.74, 6) is -0.433.